The molecular formula is C10H14ClN5O. The molecule has 0 unspecified atom stereocenters. The van der Waals surface area contributed by atoms with Gasteiger partial charge in [-0.1, -0.05) is 0 Å². The minimum absolute atomic E-state index is 0.0915. The molecule has 17 heavy (non-hydrogen) atoms. The van der Waals surface area contributed by atoms with Crippen LogP contribution in [0.3, 0.4) is 0 Å². The molecule has 0 fully saturated rings. The molecule has 0 atom stereocenters. The van der Waals surface area contributed by atoms with Gasteiger partial charge in [0.2, 0.25) is 11.2 Å². The third kappa shape index (κ3) is 4.04. The zero-order valence-electron chi connectivity index (χ0n) is 9.85. The molecule has 0 aliphatic carbocycles. The van der Waals surface area contributed by atoms with Crippen LogP contribution in [-0.2, 0) is 0 Å². The molecule has 0 aliphatic heterocycles. The van der Waals surface area contributed by atoms with Crippen LogP contribution in [0, 0.1) is 11.3 Å². The molecule has 0 aromatic carbocycles. The normalized spacial score (nSPS) is 9.76. The predicted molar refractivity (Wildman–Crippen MR) is 64.1 cm³/mol. The molecule has 0 radical (unpaired) electrons. The smallest absolute Gasteiger partial charge is 0.322 e. The fourth-order valence-electron chi connectivity index (χ4n) is 1.24. The topological polar surface area (TPSA) is 74.9 Å². The average molecular weight is 256 g/mol. The van der Waals surface area contributed by atoms with Gasteiger partial charge in [0, 0.05) is 13.1 Å². The molecule has 1 heterocycles. The van der Waals surface area contributed by atoms with Crippen molar-refractivity contribution in [3.05, 3.63) is 5.28 Å². The molecule has 1 aromatic heterocycles. The maximum Gasteiger partial charge on any atom is 0.322 e. The summed E-state index contributed by atoms with van der Waals surface area (Å²) in [4.78, 5) is 13.9. The van der Waals surface area contributed by atoms with Crippen molar-refractivity contribution in [1.82, 2.24) is 15.0 Å². The first kappa shape index (κ1) is 13.5. The quantitative estimate of drug-likeness (QED) is 0.770. The Bertz CT molecular complexity index is 406. The Hall–Kier alpha value is -1.61. The van der Waals surface area contributed by atoms with Gasteiger partial charge in [-0.25, -0.2) is 0 Å². The molecule has 1 rings (SSSR count). The summed E-state index contributed by atoms with van der Waals surface area (Å²) in [6.07, 6.45) is 0.404. The first-order valence-electron chi connectivity index (χ1n) is 5.37. The van der Waals surface area contributed by atoms with Crippen LogP contribution in [-0.4, -0.2) is 34.6 Å². The Morgan fingerprint density at radius 3 is 2.71 bits per heavy atom. The highest BCUT2D eigenvalue weighted by molar-refractivity contribution is 6.28. The van der Waals surface area contributed by atoms with Gasteiger partial charge >= 0.3 is 6.01 Å². The van der Waals surface area contributed by atoms with Gasteiger partial charge < -0.3 is 9.64 Å². The van der Waals surface area contributed by atoms with E-state index in [4.69, 9.17) is 21.6 Å². The van der Waals surface area contributed by atoms with Gasteiger partial charge in [-0.2, -0.15) is 20.2 Å². The molecule has 0 saturated carbocycles. The van der Waals surface area contributed by atoms with Gasteiger partial charge in [0.25, 0.3) is 0 Å². The summed E-state index contributed by atoms with van der Waals surface area (Å²) in [6, 6.07) is 2.29. The predicted octanol–water partition coefficient (Wildman–Crippen LogP) is 1.66. The van der Waals surface area contributed by atoms with Crippen LogP contribution in [0.1, 0.15) is 20.3 Å². The Kier molecular flexibility index (Phi) is 5.43. The second kappa shape index (κ2) is 6.86. The van der Waals surface area contributed by atoms with Crippen LogP contribution >= 0.6 is 11.6 Å². The summed E-state index contributed by atoms with van der Waals surface area (Å²) in [6.45, 7) is 5.50. The summed E-state index contributed by atoms with van der Waals surface area (Å²) in [7, 11) is 0. The van der Waals surface area contributed by atoms with Crippen LogP contribution in [0.5, 0.6) is 6.01 Å². The van der Waals surface area contributed by atoms with E-state index < -0.39 is 0 Å². The summed E-state index contributed by atoms with van der Waals surface area (Å²) in [5.41, 5.74) is 0. The van der Waals surface area contributed by atoms with Gasteiger partial charge in [0.05, 0.1) is 19.1 Å². The number of nitrogens with zero attached hydrogens (tertiary/aromatic N) is 5. The van der Waals surface area contributed by atoms with Crippen LogP contribution in [0.4, 0.5) is 5.95 Å². The summed E-state index contributed by atoms with van der Waals surface area (Å²) in [5.74, 6) is 0.436. The molecule has 0 amide bonds. The van der Waals surface area contributed by atoms with E-state index in [1.54, 1.807) is 0 Å². The van der Waals surface area contributed by atoms with E-state index >= 15 is 0 Å². The average Bonchev–Trinajstić information content (AvgIpc) is 2.30. The van der Waals surface area contributed by atoms with E-state index in [1.165, 1.54) is 0 Å². The zero-order chi connectivity index (χ0) is 12.7. The van der Waals surface area contributed by atoms with Crippen molar-refractivity contribution in [2.45, 2.75) is 20.3 Å². The van der Waals surface area contributed by atoms with Crippen LogP contribution in [0.15, 0.2) is 0 Å². The molecule has 0 N–H and O–H groups in total. The Morgan fingerprint density at radius 2 is 2.12 bits per heavy atom. The lowest BCUT2D eigenvalue weighted by Crippen LogP contribution is -2.26. The number of hydrogen-bond donors (Lipinski definition) is 0. The monoisotopic (exact) mass is 255 g/mol. The maximum absolute atomic E-state index is 8.57. The number of anilines is 1. The highest BCUT2D eigenvalue weighted by Crippen LogP contribution is 2.15. The van der Waals surface area contributed by atoms with Crippen molar-refractivity contribution in [2.75, 3.05) is 24.6 Å². The Morgan fingerprint density at radius 1 is 1.35 bits per heavy atom. The molecule has 92 valence electrons. The molecule has 0 spiro atoms. The molecule has 6 nitrogen and oxygen atoms in total. The second-order valence-electron chi connectivity index (χ2n) is 3.11. The van der Waals surface area contributed by atoms with Crippen molar-refractivity contribution >= 4 is 17.5 Å². The van der Waals surface area contributed by atoms with Crippen LogP contribution in [0.2, 0.25) is 5.28 Å². The second-order valence-corrected chi connectivity index (χ2v) is 3.45. The van der Waals surface area contributed by atoms with E-state index in [-0.39, 0.29) is 11.3 Å². The highest BCUT2D eigenvalue weighted by atomic mass is 35.5. The largest absolute Gasteiger partial charge is 0.464 e. The SMILES string of the molecule is CCOc1nc(Cl)nc(N(CC)CCC#N)n1. The number of hydrogen-bond acceptors (Lipinski definition) is 6. The molecule has 0 saturated heterocycles. The minimum atomic E-state index is 0.0915. The molecule has 0 aliphatic rings. The van der Waals surface area contributed by atoms with Gasteiger partial charge in [-0.05, 0) is 25.4 Å². The summed E-state index contributed by atoms with van der Waals surface area (Å²) < 4.78 is 5.19. The lowest BCUT2D eigenvalue weighted by atomic mass is 10.4. The van der Waals surface area contributed by atoms with Crippen molar-refractivity contribution < 1.29 is 4.74 Å². The van der Waals surface area contributed by atoms with Gasteiger partial charge in [-0.3, -0.25) is 0 Å². The van der Waals surface area contributed by atoms with Crippen LogP contribution in [0.25, 0.3) is 0 Å². The Labute approximate surface area is 105 Å². The van der Waals surface area contributed by atoms with E-state index in [9.17, 15) is 0 Å². The number of rotatable bonds is 6. The third-order valence-electron chi connectivity index (χ3n) is 2.01. The Balaban J connectivity index is 2.90. The van der Waals surface area contributed by atoms with Gasteiger partial charge in [-0.15, -0.1) is 0 Å². The zero-order valence-corrected chi connectivity index (χ0v) is 10.6. The fourth-order valence-corrected chi connectivity index (χ4v) is 1.39. The number of ether oxygens (including phenoxy) is 1. The molecule has 1 aromatic rings. The van der Waals surface area contributed by atoms with E-state index in [0.29, 0.717) is 32.1 Å². The minimum Gasteiger partial charge on any atom is -0.464 e. The molecule has 0 bridgehead atoms. The highest BCUT2D eigenvalue weighted by Gasteiger charge is 2.11. The first-order chi connectivity index (χ1) is 8.21. The fraction of sp³-hybridized carbons (Fsp3) is 0.600. The molecular weight excluding hydrogens is 242 g/mol. The summed E-state index contributed by atoms with van der Waals surface area (Å²) >= 11 is 5.79. The van der Waals surface area contributed by atoms with Crippen molar-refractivity contribution in [3.63, 3.8) is 0 Å². The first-order valence-corrected chi connectivity index (χ1v) is 5.75. The van der Waals surface area contributed by atoms with Gasteiger partial charge in [0.15, 0.2) is 0 Å². The van der Waals surface area contributed by atoms with E-state index in [1.807, 2.05) is 18.7 Å². The van der Waals surface area contributed by atoms with Crippen LogP contribution < -0.4 is 9.64 Å². The van der Waals surface area contributed by atoms with Crippen molar-refractivity contribution in [3.8, 4) is 12.1 Å². The maximum atomic E-state index is 8.57. The lowest BCUT2D eigenvalue weighted by molar-refractivity contribution is 0.311. The third-order valence-corrected chi connectivity index (χ3v) is 2.18. The number of nitriles is 1. The number of halogens is 1. The van der Waals surface area contributed by atoms with E-state index in [0.717, 1.165) is 0 Å². The molecule has 7 heteroatoms. The van der Waals surface area contributed by atoms with E-state index in [2.05, 4.69) is 21.0 Å². The standard InChI is InChI=1S/C10H14ClN5O/c1-3-16(7-5-6-12)9-13-8(11)14-10(15-9)17-4-2/h3-5,7H2,1-2H3. The van der Waals surface area contributed by atoms with Gasteiger partial charge in [0.1, 0.15) is 0 Å². The van der Waals surface area contributed by atoms with Crippen molar-refractivity contribution in [1.29, 1.82) is 5.26 Å². The van der Waals surface area contributed by atoms with Crippen molar-refractivity contribution in [2.24, 2.45) is 0 Å². The lowest BCUT2D eigenvalue weighted by Gasteiger charge is -2.19. The number of aromatic nitrogens is 3. The summed E-state index contributed by atoms with van der Waals surface area (Å²) in [5, 5.41) is 8.66.